The second-order valence-electron chi connectivity index (χ2n) is 12.8. The van der Waals surface area contributed by atoms with Gasteiger partial charge >= 0.3 is 6.09 Å². The Morgan fingerprint density at radius 1 is 0.860 bits per heavy atom. The summed E-state index contributed by atoms with van der Waals surface area (Å²) >= 11 is 0. The van der Waals surface area contributed by atoms with E-state index in [1.165, 1.54) is 12.2 Å². The number of carbonyl (C=O) groups is 3. The number of hydrogen-bond donors (Lipinski definition) is 3. The van der Waals surface area contributed by atoms with Crippen LogP contribution < -0.4 is 15.5 Å². The predicted molar refractivity (Wildman–Crippen MR) is 199 cm³/mol. The number of nitrogens with one attached hydrogen (secondary N) is 2. The van der Waals surface area contributed by atoms with Gasteiger partial charge in [-0.25, -0.2) is 9.86 Å². The average Bonchev–Trinajstić information content (AvgIpc) is 3.14. The number of para-hydroxylation sites is 1. The number of likely N-dealkylation sites (N-methyl/N-ethyl adjacent to an activating group) is 1. The largest absolute Gasteiger partial charge is 0.465 e. The van der Waals surface area contributed by atoms with Crippen LogP contribution >= 0.6 is 0 Å². The molecule has 0 aliphatic carbocycles. The third kappa shape index (κ3) is 11.3. The molecule has 0 unspecified atom stereocenters. The topological polar surface area (TPSA) is 118 Å². The molecular formula is C39H54N6O5. The number of carbonyl (C=O) groups excluding carboxylic acids is 2. The zero-order valence-corrected chi connectivity index (χ0v) is 29.9. The fourth-order valence-electron chi connectivity index (χ4n) is 6.37. The standard InChI is InChI=1S/C39H54N6O5/c1-40-24-12-26-44(50-3)38(47)32-18-20-33(21-19-32)41-25-11-5-8-17-37(46)42(2)29-30-43-27-22-34(23-28-43)45(39(48)49)36-16-10-9-15-35(36)31-13-6-4-7-14-31/h4,6-7,9-10,13-16,18-21,34,40-41H,5,8,11-12,17,22-30H2,1-3H3,(H,48,49). The van der Waals surface area contributed by atoms with E-state index < -0.39 is 6.09 Å². The normalized spacial score (nSPS) is 13.5. The van der Waals surface area contributed by atoms with E-state index in [1.807, 2.05) is 97.9 Å². The van der Waals surface area contributed by atoms with Crippen LogP contribution in [0.3, 0.4) is 0 Å². The van der Waals surface area contributed by atoms with Crippen LogP contribution in [-0.4, -0.2) is 111 Å². The van der Waals surface area contributed by atoms with E-state index in [-0.39, 0.29) is 17.9 Å². The van der Waals surface area contributed by atoms with Crippen molar-refractivity contribution in [2.75, 3.05) is 77.2 Å². The minimum atomic E-state index is -0.930. The lowest BCUT2D eigenvalue weighted by molar-refractivity contribution is -0.130. The molecule has 1 aliphatic heterocycles. The van der Waals surface area contributed by atoms with E-state index in [4.69, 9.17) is 4.84 Å². The summed E-state index contributed by atoms with van der Waals surface area (Å²) in [5.74, 6) is -0.00295. The van der Waals surface area contributed by atoms with Crippen molar-refractivity contribution < 1.29 is 24.3 Å². The summed E-state index contributed by atoms with van der Waals surface area (Å²) in [6.07, 6.45) is 4.60. The Morgan fingerprint density at radius 3 is 2.24 bits per heavy atom. The molecule has 1 fully saturated rings. The van der Waals surface area contributed by atoms with Crippen molar-refractivity contribution in [3.63, 3.8) is 0 Å². The van der Waals surface area contributed by atoms with Crippen molar-refractivity contribution in [1.82, 2.24) is 20.2 Å². The molecule has 11 heteroatoms. The number of nitrogens with zero attached hydrogens (tertiary/aromatic N) is 4. The molecular weight excluding hydrogens is 632 g/mol. The van der Waals surface area contributed by atoms with Crippen molar-refractivity contribution in [3.05, 3.63) is 84.4 Å². The Morgan fingerprint density at radius 2 is 1.56 bits per heavy atom. The lowest BCUT2D eigenvalue weighted by Gasteiger charge is -2.38. The highest BCUT2D eigenvalue weighted by atomic mass is 16.7. The third-order valence-electron chi connectivity index (χ3n) is 9.32. The van der Waals surface area contributed by atoms with Gasteiger partial charge in [-0.2, -0.15) is 0 Å². The molecule has 0 atom stereocenters. The van der Waals surface area contributed by atoms with Crippen molar-refractivity contribution in [1.29, 1.82) is 0 Å². The highest BCUT2D eigenvalue weighted by Crippen LogP contribution is 2.34. The van der Waals surface area contributed by atoms with Crippen molar-refractivity contribution in [2.45, 2.75) is 51.0 Å². The molecule has 4 rings (SSSR count). The molecule has 0 spiro atoms. The van der Waals surface area contributed by atoms with Crippen LogP contribution in [0.15, 0.2) is 78.9 Å². The van der Waals surface area contributed by atoms with Crippen LogP contribution in [0.25, 0.3) is 11.1 Å². The zero-order valence-electron chi connectivity index (χ0n) is 29.9. The molecule has 11 nitrogen and oxygen atoms in total. The van der Waals surface area contributed by atoms with Gasteiger partial charge in [0, 0.05) is 69.0 Å². The summed E-state index contributed by atoms with van der Waals surface area (Å²) in [4.78, 5) is 48.9. The maximum absolute atomic E-state index is 12.8. The van der Waals surface area contributed by atoms with Gasteiger partial charge in [0.1, 0.15) is 0 Å². The van der Waals surface area contributed by atoms with Crippen LogP contribution in [0.1, 0.15) is 55.3 Å². The van der Waals surface area contributed by atoms with Crippen LogP contribution in [-0.2, 0) is 9.63 Å². The zero-order chi connectivity index (χ0) is 35.7. The molecule has 0 bridgehead atoms. The first-order chi connectivity index (χ1) is 24.3. The van der Waals surface area contributed by atoms with Crippen LogP contribution in [0.4, 0.5) is 16.2 Å². The number of likely N-dealkylation sites (tertiary alicyclic amines) is 1. The number of hydroxylamine groups is 2. The van der Waals surface area contributed by atoms with Gasteiger partial charge in [-0.15, -0.1) is 0 Å². The molecule has 3 aromatic carbocycles. The number of carboxylic acid groups (broad SMARTS) is 1. The first kappa shape index (κ1) is 38.4. The molecule has 1 saturated heterocycles. The monoisotopic (exact) mass is 686 g/mol. The second kappa shape index (κ2) is 20.3. The number of rotatable bonds is 19. The molecule has 1 aliphatic rings. The average molecular weight is 687 g/mol. The van der Waals surface area contributed by atoms with Crippen molar-refractivity contribution in [3.8, 4) is 11.1 Å². The van der Waals surface area contributed by atoms with Gasteiger partial charge in [-0.3, -0.25) is 19.3 Å². The second-order valence-corrected chi connectivity index (χ2v) is 12.8. The summed E-state index contributed by atoms with van der Waals surface area (Å²) in [7, 11) is 5.26. The van der Waals surface area contributed by atoms with Gasteiger partial charge in [0.05, 0.1) is 19.3 Å². The van der Waals surface area contributed by atoms with Crippen LogP contribution in [0.2, 0.25) is 0 Å². The van der Waals surface area contributed by atoms with Gasteiger partial charge in [-0.05, 0) is 81.6 Å². The first-order valence-corrected chi connectivity index (χ1v) is 17.8. The molecule has 0 saturated carbocycles. The number of piperidine rings is 1. The summed E-state index contributed by atoms with van der Waals surface area (Å²) < 4.78 is 0. The summed E-state index contributed by atoms with van der Waals surface area (Å²) in [5.41, 5.74) is 4.17. The smallest absolute Gasteiger partial charge is 0.412 e. The van der Waals surface area contributed by atoms with E-state index >= 15 is 0 Å². The van der Waals surface area contributed by atoms with Gasteiger partial charge in [-0.1, -0.05) is 55.0 Å². The maximum Gasteiger partial charge on any atom is 0.412 e. The lowest BCUT2D eigenvalue weighted by Crippen LogP contribution is -2.48. The highest BCUT2D eigenvalue weighted by Gasteiger charge is 2.30. The Bertz CT molecular complexity index is 1480. The van der Waals surface area contributed by atoms with Crippen molar-refractivity contribution in [2.24, 2.45) is 0 Å². The van der Waals surface area contributed by atoms with Gasteiger partial charge in [0.25, 0.3) is 5.91 Å². The number of hydrogen-bond acceptors (Lipinski definition) is 7. The number of benzene rings is 3. The number of unbranched alkanes of at least 4 members (excludes halogenated alkanes) is 2. The Hall–Kier alpha value is -4.45. The fraction of sp³-hybridized carbons (Fsp3) is 0.462. The molecule has 0 radical (unpaired) electrons. The molecule has 3 amide bonds. The molecule has 50 heavy (non-hydrogen) atoms. The van der Waals surface area contributed by atoms with Gasteiger partial charge in [0.2, 0.25) is 5.91 Å². The maximum atomic E-state index is 12.8. The Kier molecular flexibility index (Phi) is 15.6. The van der Waals surface area contributed by atoms with E-state index in [1.54, 1.807) is 4.90 Å². The lowest BCUT2D eigenvalue weighted by atomic mass is 9.98. The third-order valence-corrected chi connectivity index (χ3v) is 9.32. The fourth-order valence-corrected chi connectivity index (χ4v) is 6.37. The quantitative estimate of drug-likeness (QED) is 0.103. The Labute approximate surface area is 297 Å². The SMILES string of the molecule is CNCCCN(OC)C(=O)c1ccc(NCCCCCC(=O)N(C)CCN2CCC(N(C(=O)O)c3ccccc3-c3ccccc3)CC2)cc1. The molecule has 3 N–H and O–H groups in total. The molecule has 0 aromatic heterocycles. The van der Waals surface area contributed by atoms with Crippen LogP contribution in [0.5, 0.6) is 0 Å². The van der Waals surface area contributed by atoms with E-state index in [0.29, 0.717) is 25.1 Å². The van der Waals surface area contributed by atoms with Gasteiger partial charge in [0.15, 0.2) is 0 Å². The van der Waals surface area contributed by atoms with Crippen LogP contribution in [0, 0.1) is 0 Å². The molecule has 3 aromatic rings. The number of amides is 3. The van der Waals surface area contributed by atoms with E-state index in [9.17, 15) is 19.5 Å². The minimum absolute atomic E-state index is 0.101. The van der Waals surface area contributed by atoms with Crippen molar-refractivity contribution >= 4 is 29.3 Å². The molecule has 1 heterocycles. The predicted octanol–water partition coefficient (Wildman–Crippen LogP) is 6.05. The van der Waals surface area contributed by atoms with E-state index in [0.717, 1.165) is 93.8 Å². The first-order valence-electron chi connectivity index (χ1n) is 17.8. The minimum Gasteiger partial charge on any atom is -0.465 e. The summed E-state index contributed by atoms with van der Waals surface area (Å²) in [6.45, 7) is 5.13. The van der Waals surface area contributed by atoms with Gasteiger partial charge < -0.3 is 25.5 Å². The number of anilines is 2. The Balaban J connectivity index is 1.11. The van der Waals surface area contributed by atoms with E-state index in [2.05, 4.69) is 15.5 Å². The molecule has 270 valence electrons. The highest BCUT2D eigenvalue weighted by molar-refractivity contribution is 5.94. The summed E-state index contributed by atoms with van der Waals surface area (Å²) in [6, 6.07) is 25.0. The summed E-state index contributed by atoms with van der Waals surface area (Å²) in [5, 5.41) is 18.1.